The average molecular weight is 291 g/mol. The summed E-state index contributed by atoms with van der Waals surface area (Å²) < 4.78 is 0. The molecule has 18 heavy (non-hydrogen) atoms. The molecule has 0 aliphatic carbocycles. The van der Waals surface area contributed by atoms with Crippen LogP contribution in [0, 0.1) is 6.92 Å². The zero-order chi connectivity index (χ0) is 13.1. The van der Waals surface area contributed by atoms with Crippen LogP contribution in [0.3, 0.4) is 0 Å². The Morgan fingerprint density at radius 2 is 2.11 bits per heavy atom. The van der Waals surface area contributed by atoms with E-state index in [9.17, 15) is 4.79 Å². The molecule has 2 N–H and O–H groups in total. The number of carbonyl (C=O) groups is 1. The van der Waals surface area contributed by atoms with Gasteiger partial charge in [-0.05, 0) is 32.4 Å². The maximum Gasteiger partial charge on any atom is 0.242 e. The molecule has 1 aromatic heterocycles. The molecule has 0 saturated heterocycles. The number of rotatable bonds is 5. The van der Waals surface area contributed by atoms with E-state index in [0.717, 1.165) is 12.8 Å². The third-order valence-corrected chi connectivity index (χ3v) is 3.78. The van der Waals surface area contributed by atoms with Crippen LogP contribution in [0.15, 0.2) is 12.1 Å². The van der Waals surface area contributed by atoms with Crippen molar-refractivity contribution in [3.05, 3.63) is 21.9 Å². The van der Waals surface area contributed by atoms with Gasteiger partial charge >= 0.3 is 0 Å². The number of carbonyl (C=O) groups excluding carboxylic acids is 1. The average Bonchev–Trinajstić information content (AvgIpc) is 2.62. The van der Waals surface area contributed by atoms with Gasteiger partial charge in [-0.3, -0.25) is 4.79 Å². The van der Waals surface area contributed by atoms with Gasteiger partial charge in [0.1, 0.15) is 0 Å². The standard InChI is InChI=1S/C13H22N2OS.ClH/c1-5-8-13(3,14)12(16)15(4)9-11-7-6-10(2)17-11;/h6-7H,5,8-9,14H2,1-4H3;1H. The Morgan fingerprint density at radius 3 is 2.56 bits per heavy atom. The van der Waals surface area contributed by atoms with Gasteiger partial charge in [0.25, 0.3) is 0 Å². The van der Waals surface area contributed by atoms with Gasteiger partial charge in [0.05, 0.1) is 12.1 Å². The molecule has 1 amide bonds. The predicted molar refractivity (Wildman–Crippen MR) is 80.3 cm³/mol. The quantitative estimate of drug-likeness (QED) is 0.906. The van der Waals surface area contributed by atoms with Crippen LogP contribution in [-0.4, -0.2) is 23.4 Å². The largest absolute Gasteiger partial charge is 0.339 e. The Labute approximate surface area is 120 Å². The number of thiophene rings is 1. The third-order valence-electron chi connectivity index (χ3n) is 2.79. The first kappa shape index (κ1) is 17.4. The smallest absolute Gasteiger partial charge is 0.242 e. The molecule has 0 fully saturated rings. The fraction of sp³-hybridized carbons (Fsp3) is 0.615. The first-order chi connectivity index (χ1) is 7.86. The number of nitrogens with two attached hydrogens (primary N) is 1. The summed E-state index contributed by atoms with van der Waals surface area (Å²) in [4.78, 5) is 16.4. The Kier molecular flexibility index (Phi) is 6.89. The number of amides is 1. The van der Waals surface area contributed by atoms with Gasteiger partial charge in [0, 0.05) is 16.8 Å². The highest BCUT2D eigenvalue weighted by molar-refractivity contribution is 7.11. The minimum atomic E-state index is -0.740. The van der Waals surface area contributed by atoms with Crippen LogP contribution in [0.4, 0.5) is 0 Å². The highest BCUT2D eigenvalue weighted by Gasteiger charge is 2.30. The van der Waals surface area contributed by atoms with E-state index in [1.165, 1.54) is 9.75 Å². The Morgan fingerprint density at radius 1 is 1.50 bits per heavy atom. The number of halogens is 1. The van der Waals surface area contributed by atoms with Crippen molar-refractivity contribution in [1.29, 1.82) is 0 Å². The van der Waals surface area contributed by atoms with E-state index in [4.69, 9.17) is 5.73 Å². The summed E-state index contributed by atoms with van der Waals surface area (Å²) in [5.41, 5.74) is 5.30. The normalized spacial score (nSPS) is 13.6. The van der Waals surface area contributed by atoms with Crippen LogP contribution < -0.4 is 5.73 Å². The van der Waals surface area contributed by atoms with Crippen molar-refractivity contribution in [2.75, 3.05) is 7.05 Å². The van der Waals surface area contributed by atoms with Gasteiger partial charge in [-0.1, -0.05) is 13.3 Å². The molecule has 0 aliphatic rings. The lowest BCUT2D eigenvalue weighted by Gasteiger charge is -2.28. The Balaban J connectivity index is 0.00000289. The minimum Gasteiger partial charge on any atom is -0.339 e. The molecule has 0 aliphatic heterocycles. The van der Waals surface area contributed by atoms with Crippen LogP contribution in [0.5, 0.6) is 0 Å². The summed E-state index contributed by atoms with van der Waals surface area (Å²) in [6.45, 7) is 6.57. The summed E-state index contributed by atoms with van der Waals surface area (Å²) in [6.07, 6.45) is 1.64. The molecule has 5 heteroatoms. The van der Waals surface area contributed by atoms with Gasteiger partial charge < -0.3 is 10.6 Å². The highest BCUT2D eigenvalue weighted by atomic mass is 35.5. The molecule has 1 aromatic rings. The second-order valence-corrected chi connectivity index (χ2v) is 6.21. The van der Waals surface area contributed by atoms with Gasteiger partial charge in [0.2, 0.25) is 5.91 Å². The Bertz CT molecular complexity index is 390. The molecule has 1 unspecified atom stereocenters. The SMILES string of the molecule is CCCC(C)(N)C(=O)N(C)Cc1ccc(C)s1.Cl. The summed E-state index contributed by atoms with van der Waals surface area (Å²) >= 11 is 1.72. The number of aryl methyl sites for hydroxylation is 1. The zero-order valence-electron chi connectivity index (χ0n) is 11.5. The zero-order valence-corrected chi connectivity index (χ0v) is 13.2. The predicted octanol–water partition coefficient (Wildman–Crippen LogP) is 2.95. The number of hydrogen-bond donors (Lipinski definition) is 1. The molecule has 3 nitrogen and oxygen atoms in total. The first-order valence-corrected chi connectivity index (χ1v) is 6.78. The third kappa shape index (κ3) is 4.59. The lowest BCUT2D eigenvalue weighted by molar-refractivity contribution is -0.135. The van der Waals surface area contributed by atoms with E-state index in [1.807, 2.05) is 20.9 Å². The van der Waals surface area contributed by atoms with Gasteiger partial charge in [-0.15, -0.1) is 23.7 Å². The molecule has 0 radical (unpaired) electrons. The van der Waals surface area contributed by atoms with E-state index in [2.05, 4.69) is 19.1 Å². The summed E-state index contributed by atoms with van der Waals surface area (Å²) in [7, 11) is 1.82. The second kappa shape index (κ2) is 7.12. The van der Waals surface area contributed by atoms with Crippen molar-refractivity contribution in [3.8, 4) is 0 Å². The summed E-state index contributed by atoms with van der Waals surface area (Å²) in [5, 5.41) is 0. The molecule has 0 bridgehead atoms. The van der Waals surface area contributed by atoms with E-state index in [-0.39, 0.29) is 18.3 Å². The molecule has 1 atom stereocenters. The molecule has 0 saturated carbocycles. The summed E-state index contributed by atoms with van der Waals surface area (Å²) in [6, 6.07) is 4.14. The van der Waals surface area contributed by atoms with E-state index in [0.29, 0.717) is 6.54 Å². The second-order valence-electron chi connectivity index (χ2n) is 4.84. The maximum absolute atomic E-state index is 12.2. The summed E-state index contributed by atoms with van der Waals surface area (Å²) in [5.74, 6) is 0.0189. The van der Waals surface area contributed by atoms with Crippen molar-refractivity contribution >= 4 is 29.7 Å². The number of likely N-dealkylation sites (N-methyl/N-ethyl adjacent to an activating group) is 1. The maximum atomic E-state index is 12.2. The first-order valence-electron chi connectivity index (χ1n) is 5.96. The van der Waals surface area contributed by atoms with Crippen molar-refractivity contribution in [2.45, 2.75) is 45.7 Å². The monoisotopic (exact) mass is 290 g/mol. The van der Waals surface area contributed by atoms with E-state index < -0.39 is 5.54 Å². The number of hydrogen-bond acceptors (Lipinski definition) is 3. The highest BCUT2D eigenvalue weighted by Crippen LogP contribution is 2.19. The van der Waals surface area contributed by atoms with Gasteiger partial charge in [-0.25, -0.2) is 0 Å². The minimum absolute atomic E-state index is 0. The molecule has 0 spiro atoms. The van der Waals surface area contributed by atoms with E-state index >= 15 is 0 Å². The van der Waals surface area contributed by atoms with Crippen LogP contribution >= 0.6 is 23.7 Å². The topological polar surface area (TPSA) is 46.3 Å². The molecular weight excluding hydrogens is 268 g/mol. The van der Waals surface area contributed by atoms with Gasteiger partial charge in [0.15, 0.2) is 0 Å². The van der Waals surface area contributed by atoms with E-state index in [1.54, 1.807) is 16.2 Å². The van der Waals surface area contributed by atoms with Crippen LogP contribution in [0.2, 0.25) is 0 Å². The fourth-order valence-corrected chi connectivity index (χ4v) is 2.88. The fourth-order valence-electron chi connectivity index (χ4n) is 1.94. The molecule has 1 heterocycles. The van der Waals surface area contributed by atoms with Crippen molar-refractivity contribution in [2.24, 2.45) is 5.73 Å². The van der Waals surface area contributed by atoms with Crippen molar-refractivity contribution in [1.82, 2.24) is 4.90 Å². The van der Waals surface area contributed by atoms with Crippen molar-refractivity contribution < 1.29 is 4.79 Å². The van der Waals surface area contributed by atoms with Crippen LogP contribution in [0.25, 0.3) is 0 Å². The van der Waals surface area contributed by atoms with Crippen molar-refractivity contribution in [3.63, 3.8) is 0 Å². The lowest BCUT2D eigenvalue weighted by Crippen LogP contribution is -2.51. The molecule has 1 rings (SSSR count). The van der Waals surface area contributed by atoms with Crippen LogP contribution in [-0.2, 0) is 11.3 Å². The van der Waals surface area contributed by atoms with Crippen LogP contribution in [0.1, 0.15) is 36.4 Å². The Hall–Kier alpha value is -0.580. The van der Waals surface area contributed by atoms with Gasteiger partial charge in [-0.2, -0.15) is 0 Å². The lowest BCUT2D eigenvalue weighted by atomic mass is 9.96. The molecule has 0 aromatic carbocycles. The molecule has 104 valence electrons. The number of nitrogens with zero attached hydrogens (tertiary/aromatic N) is 1. The molecular formula is C13H23ClN2OS.